The van der Waals surface area contributed by atoms with Gasteiger partial charge in [-0.1, -0.05) is 35.9 Å². The molecule has 4 nitrogen and oxygen atoms in total. The average molecular weight is 330 g/mol. The Morgan fingerprint density at radius 2 is 1.86 bits per heavy atom. The van der Waals surface area contributed by atoms with Gasteiger partial charge in [-0.05, 0) is 24.3 Å². The highest BCUT2D eigenvalue weighted by Crippen LogP contribution is 2.25. The monoisotopic (exact) mass is 329 g/mol. The Labute approximate surface area is 136 Å². The molecule has 1 heterocycles. The van der Waals surface area contributed by atoms with E-state index >= 15 is 0 Å². The van der Waals surface area contributed by atoms with E-state index in [1.165, 1.54) is 11.3 Å². The fourth-order valence-electron chi connectivity index (χ4n) is 1.99. The molecule has 0 bridgehead atoms. The molecule has 0 aliphatic heterocycles. The van der Waals surface area contributed by atoms with Gasteiger partial charge in [0.2, 0.25) is 0 Å². The molecule has 1 amide bonds. The van der Waals surface area contributed by atoms with Crippen molar-refractivity contribution in [3.05, 3.63) is 64.5 Å². The van der Waals surface area contributed by atoms with Crippen molar-refractivity contribution in [3.63, 3.8) is 0 Å². The molecule has 0 radical (unpaired) electrons. The maximum Gasteiger partial charge on any atom is 0.257 e. The topological polar surface area (TPSA) is 68.0 Å². The van der Waals surface area contributed by atoms with Crippen LogP contribution in [0.5, 0.6) is 0 Å². The first-order chi connectivity index (χ1) is 10.6. The molecule has 6 heteroatoms. The molecule has 1 aromatic heterocycles. The highest BCUT2D eigenvalue weighted by atomic mass is 35.5. The fourth-order valence-corrected chi connectivity index (χ4v) is 2.78. The third-order valence-corrected chi connectivity index (χ3v) is 4.08. The molecule has 3 rings (SSSR count). The summed E-state index contributed by atoms with van der Waals surface area (Å²) in [5.41, 5.74) is 8.54. The van der Waals surface area contributed by atoms with Gasteiger partial charge >= 0.3 is 0 Å². The van der Waals surface area contributed by atoms with Gasteiger partial charge in [-0.2, -0.15) is 0 Å². The van der Waals surface area contributed by atoms with Crippen molar-refractivity contribution in [3.8, 4) is 11.3 Å². The highest BCUT2D eigenvalue weighted by Gasteiger charge is 2.10. The van der Waals surface area contributed by atoms with E-state index in [4.69, 9.17) is 17.3 Å². The van der Waals surface area contributed by atoms with Crippen LogP contribution in [0.3, 0.4) is 0 Å². The van der Waals surface area contributed by atoms with E-state index in [9.17, 15) is 4.79 Å². The van der Waals surface area contributed by atoms with Crippen LogP contribution in [-0.2, 0) is 0 Å². The summed E-state index contributed by atoms with van der Waals surface area (Å²) in [7, 11) is 0. The van der Waals surface area contributed by atoms with Crippen LogP contribution >= 0.6 is 22.9 Å². The zero-order valence-corrected chi connectivity index (χ0v) is 13.0. The minimum atomic E-state index is -0.240. The largest absolute Gasteiger partial charge is 0.375 e. The molecule has 0 unspecified atom stereocenters. The van der Waals surface area contributed by atoms with Crippen LogP contribution in [0.1, 0.15) is 10.4 Å². The lowest BCUT2D eigenvalue weighted by molar-refractivity contribution is 0.102. The van der Waals surface area contributed by atoms with Crippen molar-refractivity contribution >= 4 is 39.7 Å². The van der Waals surface area contributed by atoms with Crippen LogP contribution in [0.15, 0.2) is 53.9 Å². The van der Waals surface area contributed by atoms with Gasteiger partial charge in [-0.15, -0.1) is 11.3 Å². The van der Waals surface area contributed by atoms with Gasteiger partial charge in [0.05, 0.1) is 16.3 Å². The summed E-state index contributed by atoms with van der Waals surface area (Å²) in [6.45, 7) is 0. The van der Waals surface area contributed by atoms with Gasteiger partial charge in [0.15, 0.2) is 5.13 Å². The minimum Gasteiger partial charge on any atom is -0.375 e. The minimum absolute atomic E-state index is 0.240. The number of nitrogens with two attached hydrogens (primary N) is 1. The van der Waals surface area contributed by atoms with Gasteiger partial charge in [-0.3, -0.25) is 4.79 Å². The van der Waals surface area contributed by atoms with Crippen molar-refractivity contribution < 1.29 is 4.79 Å². The molecular formula is C16H12ClN3OS. The summed E-state index contributed by atoms with van der Waals surface area (Å²) in [6, 6.07) is 14.3. The lowest BCUT2D eigenvalue weighted by atomic mass is 10.1. The average Bonchev–Trinajstić information content (AvgIpc) is 2.95. The smallest absolute Gasteiger partial charge is 0.257 e. The molecule has 0 spiro atoms. The molecule has 22 heavy (non-hydrogen) atoms. The van der Waals surface area contributed by atoms with Gasteiger partial charge in [0.25, 0.3) is 5.91 Å². The van der Waals surface area contributed by atoms with E-state index < -0.39 is 0 Å². The quantitative estimate of drug-likeness (QED) is 0.752. The summed E-state index contributed by atoms with van der Waals surface area (Å²) in [4.78, 5) is 16.4. The standard InChI is InChI=1S/C16H12ClN3OS/c17-13-4-2-1-3-12(13)15(21)19-11-7-5-10(6-8-11)14-9-22-16(18)20-14/h1-9H,(H2,18,20)(H,19,21). The van der Waals surface area contributed by atoms with Gasteiger partial charge < -0.3 is 11.1 Å². The SMILES string of the molecule is Nc1nc(-c2ccc(NC(=O)c3ccccc3Cl)cc2)cs1. The van der Waals surface area contributed by atoms with Crippen LogP contribution in [0.4, 0.5) is 10.8 Å². The van der Waals surface area contributed by atoms with Crippen LogP contribution in [-0.4, -0.2) is 10.9 Å². The number of halogens is 1. The second kappa shape index (κ2) is 6.17. The normalized spacial score (nSPS) is 10.4. The molecule has 0 fully saturated rings. The van der Waals surface area contributed by atoms with Crippen LogP contribution in [0.25, 0.3) is 11.3 Å². The third kappa shape index (κ3) is 3.10. The predicted octanol–water partition coefficient (Wildman–Crippen LogP) is 4.30. The van der Waals surface area contributed by atoms with Crippen molar-refractivity contribution in [2.24, 2.45) is 0 Å². The molecule has 3 aromatic rings. The van der Waals surface area contributed by atoms with E-state index in [2.05, 4.69) is 10.3 Å². The molecule has 0 atom stereocenters. The Morgan fingerprint density at radius 1 is 1.14 bits per heavy atom. The first-order valence-corrected chi connectivity index (χ1v) is 7.76. The van der Waals surface area contributed by atoms with Crippen molar-refractivity contribution in [1.29, 1.82) is 0 Å². The molecule has 3 N–H and O–H groups in total. The first kappa shape index (κ1) is 14.6. The second-order valence-corrected chi connectivity index (χ2v) is 5.88. The predicted molar refractivity (Wildman–Crippen MR) is 91.4 cm³/mol. The van der Waals surface area contributed by atoms with Crippen LogP contribution in [0, 0.1) is 0 Å². The Kier molecular flexibility index (Phi) is 4.09. The van der Waals surface area contributed by atoms with E-state index in [0.29, 0.717) is 21.4 Å². The van der Waals surface area contributed by atoms with Gasteiger partial charge in [0, 0.05) is 16.6 Å². The number of carbonyl (C=O) groups is 1. The highest BCUT2D eigenvalue weighted by molar-refractivity contribution is 7.13. The van der Waals surface area contributed by atoms with Crippen molar-refractivity contribution in [2.45, 2.75) is 0 Å². The molecule has 2 aromatic carbocycles. The molecule has 0 saturated heterocycles. The Bertz CT molecular complexity index is 814. The van der Waals surface area contributed by atoms with E-state index in [1.807, 2.05) is 29.6 Å². The molecular weight excluding hydrogens is 318 g/mol. The molecule has 0 aliphatic rings. The fraction of sp³-hybridized carbons (Fsp3) is 0. The zero-order valence-electron chi connectivity index (χ0n) is 11.4. The zero-order chi connectivity index (χ0) is 15.5. The number of hydrogen-bond acceptors (Lipinski definition) is 4. The number of carbonyl (C=O) groups excluding carboxylic acids is 1. The summed E-state index contributed by atoms with van der Waals surface area (Å²) in [5, 5.41) is 5.67. The van der Waals surface area contributed by atoms with E-state index in [-0.39, 0.29) is 5.91 Å². The summed E-state index contributed by atoms with van der Waals surface area (Å²) in [5.74, 6) is -0.240. The van der Waals surface area contributed by atoms with Crippen LogP contribution in [0.2, 0.25) is 5.02 Å². The number of benzene rings is 2. The van der Waals surface area contributed by atoms with Crippen molar-refractivity contribution in [2.75, 3.05) is 11.1 Å². The van der Waals surface area contributed by atoms with E-state index in [0.717, 1.165) is 11.3 Å². The number of thiazole rings is 1. The summed E-state index contributed by atoms with van der Waals surface area (Å²) >= 11 is 7.41. The number of rotatable bonds is 3. The number of nitrogens with one attached hydrogen (secondary N) is 1. The number of hydrogen-bond donors (Lipinski definition) is 2. The summed E-state index contributed by atoms with van der Waals surface area (Å²) < 4.78 is 0. The van der Waals surface area contributed by atoms with Crippen molar-refractivity contribution in [1.82, 2.24) is 4.98 Å². The summed E-state index contributed by atoms with van der Waals surface area (Å²) in [6.07, 6.45) is 0. The number of nitrogens with zero attached hydrogens (tertiary/aromatic N) is 1. The second-order valence-electron chi connectivity index (χ2n) is 4.58. The Balaban J connectivity index is 1.76. The molecule has 110 valence electrons. The number of amides is 1. The lowest BCUT2D eigenvalue weighted by Crippen LogP contribution is -2.12. The number of aromatic nitrogens is 1. The van der Waals surface area contributed by atoms with Crippen LogP contribution < -0.4 is 11.1 Å². The Morgan fingerprint density at radius 3 is 2.50 bits per heavy atom. The van der Waals surface area contributed by atoms with Gasteiger partial charge in [0.1, 0.15) is 0 Å². The van der Waals surface area contributed by atoms with Gasteiger partial charge in [-0.25, -0.2) is 4.98 Å². The molecule has 0 saturated carbocycles. The van der Waals surface area contributed by atoms with E-state index in [1.54, 1.807) is 24.3 Å². The molecule has 0 aliphatic carbocycles. The number of anilines is 2. The lowest BCUT2D eigenvalue weighted by Gasteiger charge is -2.07. The first-order valence-electron chi connectivity index (χ1n) is 6.51. The number of nitrogen functional groups attached to an aromatic ring is 1. The maximum atomic E-state index is 12.2. The third-order valence-electron chi connectivity index (χ3n) is 3.08. The maximum absolute atomic E-state index is 12.2. The Hall–Kier alpha value is -2.37.